The van der Waals surface area contributed by atoms with Crippen molar-refractivity contribution in [1.29, 1.82) is 0 Å². The van der Waals surface area contributed by atoms with Crippen LogP contribution in [0.4, 0.5) is 5.69 Å². The second-order valence-corrected chi connectivity index (χ2v) is 6.54. The second-order valence-electron chi connectivity index (χ2n) is 4.31. The highest BCUT2D eigenvalue weighted by Crippen LogP contribution is 2.32. The molecular formula is C12H14BrClN2S. The van der Waals surface area contributed by atoms with E-state index in [1.807, 2.05) is 18.2 Å². The van der Waals surface area contributed by atoms with Gasteiger partial charge in [0.05, 0.1) is 10.6 Å². The molecule has 0 spiro atoms. The molecule has 5 heteroatoms. The molecule has 0 radical (unpaired) electrons. The van der Waals surface area contributed by atoms with Crippen molar-refractivity contribution in [2.75, 3.05) is 11.1 Å². The Kier molecular flexibility index (Phi) is 4.06. The highest BCUT2D eigenvalue weighted by molar-refractivity contribution is 9.10. The summed E-state index contributed by atoms with van der Waals surface area (Å²) in [7, 11) is 0. The molecule has 2 rings (SSSR count). The Morgan fingerprint density at radius 1 is 1.59 bits per heavy atom. The van der Waals surface area contributed by atoms with Gasteiger partial charge in [0.15, 0.2) is 5.17 Å². The molecule has 1 aliphatic heterocycles. The van der Waals surface area contributed by atoms with Gasteiger partial charge in [-0.3, -0.25) is 4.99 Å². The van der Waals surface area contributed by atoms with Crippen molar-refractivity contribution >= 4 is 50.1 Å². The summed E-state index contributed by atoms with van der Waals surface area (Å²) in [6, 6.07) is 5.82. The van der Waals surface area contributed by atoms with Crippen LogP contribution in [0, 0.1) is 0 Å². The number of thioether (sulfide) groups is 1. The Balaban J connectivity index is 2.12. The maximum Gasteiger partial charge on any atom is 0.161 e. The molecule has 0 aliphatic carbocycles. The van der Waals surface area contributed by atoms with Crippen LogP contribution in [0.2, 0.25) is 5.02 Å². The number of hydrogen-bond acceptors (Lipinski definition) is 3. The van der Waals surface area contributed by atoms with Gasteiger partial charge in [0.2, 0.25) is 0 Å². The van der Waals surface area contributed by atoms with Crippen molar-refractivity contribution in [2.45, 2.75) is 25.8 Å². The number of aliphatic imine (C=N–C) groups is 1. The number of nitrogens with one attached hydrogen (secondary N) is 1. The molecule has 1 aromatic rings. The van der Waals surface area contributed by atoms with Crippen LogP contribution in [0.1, 0.15) is 20.3 Å². The van der Waals surface area contributed by atoms with Gasteiger partial charge in [0.1, 0.15) is 0 Å². The minimum absolute atomic E-state index is 0.0756. The van der Waals surface area contributed by atoms with Crippen LogP contribution < -0.4 is 5.32 Å². The summed E-state index contributed by atoms with van der Waals surface area (Å²) >= 11 is 11.2. The molecule has 1 N–H and O–H groups in total. The zero-order valence-electron chi connectivity index (χ0n) is 9.76. The largest absolute Gasteiger partial charge is 0.335 e. The van der Waals surface area contributed by atoms with Gasteiger partial charge < -0.3 is 5.32 Å². The van der Waals surface area contributed by atoms with Crippen LogP contribution in [-0.4, -0.2) is 16.5 Å². The predicted octanol–water partition coefficient (Wildman–Crippen LogP) is 4.79. The van der Waals surface area contributed by atoms with Crippen molar-refractivity contribution in [2.24, 2.45) is 4.99 Å². The average molecular weight is 334 g/mol. The lowest BCUT2D eigenvalue weighted by Gasteiger charge is -2.15. The number of anilines is 1. The van der Waals surface area contributed by atoms with Crippen LogP contribution in [0.25, 0.3) is 0 Å². The normalized spacial score (nSPS) is 23.6. The van der Waals surface area contributed by atoms with Gasteiger partial charge in [-0.25, -0.2) is 0 Å². The van der Waals surface area contributed by atoms with E-state index in [0.717, 1.165) is 27.5 Å². The third-order valence-corrected chi connectivity index (χ3v) is 5.29. The fourth-order valence-corrected chi connectivity index (χ4v) is 3.09. The fraction of sp³-hybridized carbons (Fsp3) is 0.417. The first-order valence-corrected chi connectivity index (χ1v) is 7.63. The third-order valence-electron chi connectivity index (χ3n) is 2.82. The lowest BCUT2D eigenvalue weighted by molar-refractivity contribution is 0.523. The Morgan fingerprint density at radius 2 is 2.35 bits per heavy atom. The second kappa shape index (κ2) is 5.21. The highest BCUT2D eigenvalue weighted by atomic mass is 79.9. The minimum atomic E-state index is 0.0756. The van der Waals surface area contributed by atoms with E-state index >= 15 is 0 Å². The van der Waals surface area contributed by atoms with E-state index in [2.05, 4.69) is 35.1 Å². The van der Waals surface area contributed by atoms with Crippen LogP contribution in [0.5, 0.6) is 0 Å². The quantitative estimate of drug-likeness (QED) is 0.842. The Labute approximate surface area is 119 Å². The molecule has 1 heterocycles. The fourth-order valence-electron chi connectivity index (χ4n) is 1.48. The van der Waals surface area contributed by atoms with Gasteiger partial charge in [-0.15, -0.1) is 0 Å². The third kappa shape index (κ3) is 3.18. The number of rotatable bonds is 2. The van der Waals surface area contributed by atoms with Gasteiger partial charge in [0.25, 0.3) is 0 Å². The zero-order valence-corrected chi connectivity index (χ0v) is 12.9. The van der Waals surface area contributed by atoms with E-state index in [1.54, 1.807) is 11.8 Å². The Morgan fingerprint density at radius 3 is 2.94 bits per heavy atom. The van der Waals surface area contributed by atoms with Crippen LogP contribution >= 0.6 is 39.3 Å². The summed E-state index contributed by atoms with van der Waals surface area (Å²) in [6.07, 6.45) is 1.06. The van der Waals surface area contributed by atoms with Gasteiger partial charge in [-0.2, -0.15) is 0 Å². The standard InChI is InChI=1S/C12H14BrClN2S/c1-3-12(2)7-17-11(16-12)15-8-4-5-9(13)10(14)6-8/h4-6H,3,7H2,1-2H3,(H,15,16). The minimum Gasteiger partial charge on any atom is -0.335 e. The van der Waals surface area contributed by atoms with E-state index in [4.69, 9.17) is 16.6 Å². The van der Waals surface area contributed by atoms with Crippen molar-refractivity contribution in [3.8, 4) is 0 Å². The first-order chi connectivity index (χ1) is 8.02. The van der Waals surface area contributed by atoms with Gasteiger partial charge >= 0.3 is 0 Å². The molecular weight excluding hydrogens is 320 g/mol. The van der Waals surface area contributed by atoms with Crippen LogP contribution in [-0.2, 0) is 0 Å². The lowest BCUT2D eigenvalue weighted by atomic mass is 10.0. The van der Waals surface area contributed by atoms with E-state index in [1.165, 1.54) is 0 Å². The molecule has 92 valence electrons. The molecule has 1 atom stereocenters. The molecule has 1 unspecified atom stereocenters. The van der Waals surface area contributed by atoms with Crippen molar-refractivity contribution in [3.05, 3.63) is 27.7 Å². The maximum absolute atomic E-state index is 6.05. The number of benzene rings is 1. The number of amidine groups is 1. The monoisotopic (exact) mass is 332 g/mol. The van der Waals surface area contributed by atoms with E-state index in [-0.39, 0.29) is 5.54 Å². The smallest absolute Gasteiger partial charge is 0.161 e. The summed E-state index contributed by atoms with van der Waals surface area (Å²) in [6.45, 7) is 4.35. The SMILES string of the molecule is CCC1(C)CSC(Nc2ccc(Br)c(Cl)c2)=N1. The molecule has 2 nitrogen and oxygen atoms in total. The Hall–Kier alpha value is -0.190. The molecule has 1 aliphatic rings. The number of nitrogens with zero attached hydrogens (tertiary/aromatic N) is 1. The highest BCUT2D eigenvalue weighted by Gasteiger charge is 2.28. The van der Waals surface area contributed by atoms with E-state index in [9.17, 15) is 0 Å². The lowest BCUT2D eigenvalue weighted by Crippen LogP contribution is -2.20. The topological polar surface area (TPSA) is 24.4 Å². The van der Waals surface area contributed by atoms with Crippen molar-refractivity contribution in [1.82, 2.24) is 0 Å². The number of hydrogen-bond donors (Lipinski definition) is 1. The summed E-state index contributed by atoms with van der Waals surface area (Å²) in [5.74, 6) is 1.04. The summed E-state index contributed by atoms with van der Waals surface area (Å²) in [5, 5.41) is 4.99. The molecule has 0 fully saturated rings. The predicted molar refractivity (Wildman–Crippen MR) is 81.4 cm³/mol. The van der Waals surface area contributed by atoms with E-state index in [0.29, 0.717) is 5.02 Å². The maximum atomic E-state index is 6.05. The van der Waals surface area contributed by atoms with Crippen molar-refractivity contribution < 1.29 is 0 Å². The summed E-state index contributed by atoms with van der Waals surface area (Å²) in [5.41, 5.74) is 1.05. The molecule has 0 bridgehead atoms. The van der Waals surface area contributed by atoms with Gasteiger partial charge in [-0.1, -0.05) is 30.3 Å². The summed E-state index contributed by atoms with van der Waals surface area (Å²) in [4.78, 5) is 4.70. The first-order valence-electron chi connectivity index (χ1n) is 5.47. The zero-order chi connectivity index (χ0) is 12.5. The van der Waals surface area contributed by atoms with Crippen molar-refractivity contribution in [3.63, 3.8) is 0 Å². The molecule has 17 heavy (non-hydrogen) atoms. The van der Waals surface area contributed by atoms with E-state index < -0.39 is 0 Å². The molecule has 0 saturated heterocycles. The average Bonchev–Trinajstić information content (AvgIpc) is 2.67. The molecule has 1 aromatic carbocycles. The molecule has 0 amide bonds. The Bertz CT molecular complexity index is 464. The van der Waals surface area contributed by atoms with Gasteiger partial charge in [-0.05, 0) is 47.5 Å². The van der Waals surface area contributed by atoms with Crippen LogP contribution in [0.3, 0.4) is 0 Å². The summed E-state index contributed by atoms with van der Waals surface area (Å²) < 4.78 is 0.907. The first kappa shape index (κ1) is 13.2. The van der Waals surface area contributed by atoms with Crippen LogP contribution in [0.15, 0.2) is 27.7 Å². The number of halogens is 2. The molecule has 0 saturated carbocycles. The van der Waals surface area contributed by atoms with Gasteiger partial charge in [0, 0.05) is 15.9 Å². The molecule has 0 aromatic heterocycles.